The molecule has 0 aliphatic carbocycles. The van der Waals surface area contributed by atoms with Crippen LogP contribution in [0.25, 0.3) is 0 Å². The molecule has 26 heavy (non-hydrogen) atoms. The maximum Gasteiger partial charge on any atom is 0.260 e. The summed E-state index contributed by atoms with van der Waals surface area (Å²) in [5.74, 6) is 0.359. The predicted molar refractivity (Wildman–Crippen MR) is 98.4 cm³/mol. The van der Waals surface area contributed by atoms with Gasteiger partial charge in [0.05, 0.1) is 13.2 Å². The number of amides is 1. The molecule has 2 aromatic rings. The highest BCUT2D eigenvalue weighted by molar-refractivity contribution is 5.94. The molecule has 3 rings (SSSR count). The van der Waals surface area contributed by atoms with Gasteiger partial charge in [0.1, 0.15) is 16.9 Å². The van der Waals surface area contributed by atoms with Crippen molar-refractivity contribution < 1.29 is 14.6 Å². The van der Waals surface area contributed by atoms with E-state index in [0.717, 1.165) is 6.42 Å². The summed E-state index contributed by atoms with van der Waals surface area (Å²) in [7, 11) is 1.59. The Bertz CT molecular complexity index is 855. The minimum atomic E-state index is -1.23. The molecule has 1 saturated heterocycles. The Labute approximate surface area is 152 Å². The highest BCUT2D eigenvalue weighted by Gasteiger charge is 2.43. The zero-order chi connectivity index (χ0) is 18.9. The van der Waals surface area contributed by atoms with Crippen LogP contribution in [0.15, 0.2) is 41.2 Å². The van der Waals surface area contributed by atoms with E-state index in [0.29, 0.717) is 30.0 Å². The molecule has 0 unspecified atom stereocenters. The number of likely N-dealkylation sites (tertiary alicyclic amines) is 1. The van der Waals surface area contributed by atoms with Gasteiger partial charge in [-0.25, -0.2) is 0 Å². The first-order chi connectivity index (χ1) is 12.3. The summed E-state index contributed by atoms with van der Waals surface area (Å²) in [4.78, 5) is 29.4. The van der Waals surface area contributed by atoms with Gasteiger partial charge in [0, 0.05) is 12.2 Å². The van der Waals surface area contributed by atoms with Gasteiger partial charge in [-0.3, -0.25) is 9.59 Å². The topological polar surface area (TPSA) is 82.6 Å². The number of aromatic nitrogens is 1. The van der Waals surface area contributed by atoms with Crippen molar-refractivity contribution in [3.05, 3.63) is 63.6 Å². The lowest BCUT2D eigenvalue weighted by molar-refractivity contribution is -0.0178. The number of ether oxygens (including phenoxy) is 1. The molecule has 2 atom stereocenters. The van der Waals surface area contributed by atoms with Crippen molar-refractivity contribution in [1.82, 2.24) is 9.88 Å². The van der Waals surface area contributed by atoms with E-state index in [2.05, 4.69) is 4.98 Å². The molecule has 1 aliphatic heterocycles. The van der Waals surface area contributed by atoms with Crippen LogP contribution in [0.4, 0.5) is 0 Å². The molecule has 0 spiro atoms. The summed E-state index contributed by atoms with van der Waals surface area (Å²) >= 11 is 0. The summed E-state index contributed by atoms with van der Waals surface area (Å²) in [5.41, 5.74) is -0.107. The lowest BCUT2D eigenvalue weighted by Crippen LogP contribution is -2.49. The number of carbonyl (C=O) groups is 1. The normalized spacial score (nSPS) is 19.2. The first-order valence-corrected chi connectivity index (χ1v) is 8.72. The van der Waals surface area contributed by atoms with Crippen molar-refractivity contribution in [2.45, 2.75) is 38.3 Å². The molecule has 0 saturated carbocycles. The molecule has 2 N–H and O–H groups in total. The van der Waals surface area contributed by atoms with Crippen molar-refractivity contribution in [2.24, 2.45) is 0 Å². The van der Waals surface area contributed by atoms with Gasteiger partial charge in [0.15, 0.2) is 0 Å². The molecule has 0 radical (unpaired) electrons. The van der Waals surface area contributed by atoms with E-state index in [-0.39, 0.29) is 11.5 Å². The minimum absolute atomic E-state index is 0.105. The average Bonchev–Trinajstić information content (AvgIpc) is 3.12. The Balaban J connectivity index is 1.91. The fraction of sp³-hybridized carbons (Fsp3) is 0.400. The monoisotopic (exact) mass is 356 g/mol. The van der Waals surface area contributed by atoms with Crippen molar-refractivity contribution in [3.8, 4) is 5.75 Å². The third-order valence-corrected chi connectivity index (χ3v) is 5.12. The second-order valence-electron chi connectivity index (χ2n) is 6.92. The maximum atomic E-state index is 12.9. The van der Waals surface area contributed by atoms with E-state index in [4.69, 9.17) is 4.74 Å². The van der Waals surface area contributed by atoms with Gasteiger partial charge >= 0.3 is 0 Å². The van der Waals surface area contributed by atoms with Gasteiger partial charge in [-0.15, -0.1) is 0 Å². The van der Waals surface area contributed by atoms with E-state index in [1.165, 1.54) is 0 Å². The van der Waals surface area contributed by atoms with E-state index in [1.54, 1.807) is 62.3 Å². The molecule has 6 nitrogen and oxygen atoms in total. The number of aromatic amines is 1. The van der Waals surface area contributed by atoms with Gasteiger partial charge in [0.2, 0.25) is 0 Å². The largest absolute Gasteiger partial charge is 0.497 e. The van der Waals surface area contributed by atoms with E-state index >= 15 is 0 Å². The molecular formula is C20H24N2O4. The quantitative estimate of drug-likeness (QED) is 0.880. The molecule has 1 aromatic carbocycles. The molecule has 138 valence electrons. The summed E-state index contributed by atoms with van der Waals surface area (Å²) in [6.45, 7) is 4.00. The fourth-order valence-electron chi connectivity index (χ4n) is 3.61. The standard InChI is InChI=1S/C20H24N2O4/c1-13-6-11-16(18(23)21-13)19(24)22-12-4-5-17(22)20(2,25)14-7-9-15(26-3)10-8-14/h6-11,17,25H,4-5,12H2,1-3H3,(H,21,23)/t17-,20+/m0/s1. The van der Waals surface area contributed by atoms with Crippen LogP contribution in [0.2, 0.25) is 0 Å². The number of nitrogens with zero attached hydrogens (tertiary/aromatic N) is 1. The Morgan fingerprint density at radius 1 is 1.27 bits per heavy atom. The summed E-state index contributed by atoms with van der Waals surface area (Å²) in [6, 6.07) is 10.0. The fourth-order valence-corrected chi connectivity index (χ4v) is 3.61. The highest BCUT2D eigenvalue weighted by Crippen LogP contribution is 2.35. The van der Waals surface area contributed by atoms with Crippen LogP contribution >= 0.6 is 0 Å². The number of nitrogens with one attached hydrogen (secondary N) is 1. The Morgan fingerprint density at radius 2 is 1.96 bits per heavy atom. The van der Waals surface area contributed by atoms with Crippen LogP contribution in [-0.4, -0.2) is 40.6 Å². The lowest BCUT2D eigenvalue weighted by Gasteiger charge is -2.37. The van der Waals surface area contributed by atoms with E-state index in [1.807, 2.05) is 0 Å². The molecule has 0 bridgehead atoms. The van der Waals surface area contributed by atoms with Crippen LogP contribution in [-0.2, 0) is 5.60 Å². The number of aryl methyl sites for hydroxylation is 1. The maximum absolute atomic E-state index is 12.9. The van der Waals surface area contributed by atoms with Crippen LogP contribution in [0.5, 0.6) is 5.75 Å². The molecule has 6 heteroatoms. The number of hydrogen-bond acceptors (Lipinski definition) is 4. The van der Waals surface area contributed by atoms with Gasteiger partial charge in [0.25, 0.3) is 11.5 Å². The first-order valence-electron chi connectivity index (χ1n) is 8.72. The Hall–Kier alpha value is -2.60. The summed E-state index contributed by atoms with van der Waals surface area (Å²) in [6.07, 6.45) is 1.46. The van der Waals surface area contributed by atoms with Gasteiger partial charge in [-0.1, -0.05) is 12.1 Å². The number of benzene rings is 1. The number of rotatable bonds is 4. The number of carbonyl (C=O) groups excluding carboxylic acids is 1. The van der Waals surface area contributed by atoms with Crippen LogP contribution in [0, 0.1) is 6.92 Å². The van der Waals surface area contributed by atoms with Crippen molar-refractivity contribution in [1.29, 1.82) is 0 Å². The highest BCUT2D eigenvalue weighted by atomic mass is 16.5. The number of aliphatic hydroxyl groups is 1. The van der Waals surface area contributed by atoms with E-state index < -0.39 is 17.2 Å². The molecular weight excluding hydrogens is 332 g/mol. The lowest BCUT2D eigenvalue weighted by atomic mass is 9.86. The second-order valence-corrected chi connectivity index (χ2v) is 6.92. The number of methoxy groups -OCH3 is 1. The number of pyridine rings is 1. The second kappa shape index (κ2) is 6.96. The van der Waals surface area contributed by atoms with Crippen LogP contribution in [0.1, 0.15) is 41.4 Å². The zero-order valence-corrected chi connectivity index (χ0v) is 15.3. The van der Waals surface area contributed by atoms with Crippen molar-refractivity contribution in [3.63, 3.8) is 0 Å². The predicted octanol–water partition coefficient (Wildman–Crippen LogP) is 2.20. The average molecular weight is 356 g/mol. The molecule has 1 amide bonds. The Kier molecular flexibility index (Phi) is 4.87. The molecule has 2 heterocycles. The zero-order valence-electron chi connectivity index (χ0n) is 15.3. The minimum Gasteiger partial charge on any atom is -0.497 e. The third kappa shape index (κ3) is 3.24. The number of H-pyrrole nitrogens is 1. The Morgan fingerprint density at radius 3 is 2.58 bits per heavy atom. The molecule has 1 fully saturated rings. The first kappa shape index (κ1) is 18.2. The van der Waals surface area contributed by atoms with Crippen LogP contribution < -0.4 is 10.3 Å². The third-order valence-electron chi connectivity index (χ3n) is 5.12. The SMILES string of the molecule is COc1ccc([C@@](C)(O)[C@@H]2CCCN2C(=O)c2ccc(C)[nH]c2=O)cc1. The van der Waals surface area contributed by atoms with Crippen LogP contribution in [0.3, 0.4) is 0 Å². The molecule has 1 aliphatic rings. The van der Waals surface area contributed by atoms with Gasteiger partial charge < -0.3 is 19.7 Å². The molecule has 1 aromatic heterocycles. The summed E-state index contributed by atoms with van der Waals surface area (Å²) < 4.78 is 5.16. The van der Waals surface area contributed by atoms with Crippen molar-refractivity contribution in [2.75, 3.05) is 13.7 Å². The smallest absolute Gasteiger partial charge is 0.260 e. The van der Waals surface area contributed by atoms with Gasteiger partial charge in [-0.2, -0.15) is 0 Å². The summed E-state index contributed by atoms with van der Waals surface area (Å²) in [5, 5.41) is 11.2. The van der Waals surface area contributed by atoms with Crippen molar-refractivity contribution >= 4 is 5.91 Å². The van der Waals surface area contributed by atoms with E-state index in [9.17, 15) is 14.7 Å². The number of hydrogen-bond donors (Lipinski definition) is 2. The van der Waals surface area contributed by atoms with Gasteiger partial charge in [-0.05, 0) is 56.5 Å².